The number of hydrogen-bond acceptors (Lipinski definition) is 3. The first-order valence-electron chi connectivity index (χ1n) is 7.36. The molecule has 1 aliphatic rings. The monoisotopic (exact) mass is 275 g/mol. The van der Waals surface area contributed by atoms with Gasteiger partial charge in [-0.2, -0.15) is 0 Å². The normalized spacial score (nSPS) is 17.8. The minimum atomic E-state index is 0.0599. The van der Waals surface area contributed by atoms with Gasteiger partial charge in [-0.1, -0.05) is 18.2 Å². The lowest BCUT2D eigenvalue weighted by Crippen LogP contribution is -2.47. The van der Waals surface area contributed by atoms with E-state index in [2.05, 4.69) is 47.6 Å². The highest BCUT2D eigenvalue weighted by molar-refractivity contribution is 5.78. The molecule has 1 aliphatic heterocycles. The van der Waals surface area contributed by atoms with Crippen molar-refractivity contribution in [2.75, 3.05) is 32.7 Å². The molecule has 1 unspecified atom stereocenters. The van der Waals surface area contributed by atoms with Crippen LogP contribution in [0.15, 0.2) is 18.2 Å². The summed E-state index contributed by atoms with van der Waals surface area (Å²) in [5, 5.41) is 6.38. The minimum Gasteiger partial charge on any atom is -0.348 e. The van der Waals surface area contributed by atoms with Crippen molar-refractivity contribution < 1.29 is 4.79 Å². The van der Waals surface area contributed by atoms with E-state index in [0.29, 0.717) is 6.54 Å². The lowest BCUT2D eigenvalue weighted by Gasteiger charge is -2.27. The Hall–Kier alpha value is -1.39. The van der Waals surface area contributed by atoms with Crippen LogP contribution < -0.4 is 10.6 Å². The van der Waals surface area contributed by atoms with Crippen molar-refractivity contribution in [3.05, 3.63) is 34.9 Å². The van der Waals surface area contributed by atoms with Crippen molar-refractivity contribution in [1.82, 2.24) is 15.5 Å². The number of amides is 1. The van der Waals surface area contributed by atoms with E-state index in [1.54, 1.807) is 0 Å². The van der Waals surface area contributed by atoms with E-state index in [-0.39, 0.29) is 11.9 Å². The molecule has 4 heteroatoms. The fraction of sp³-hybridized carbons (Fsp3) is 0.562. The molecule has 1 heterocycles. The van der Waals surface area contributed by atoms with Crippen LogP contribution in [0, 0.1) is 13.8 Å². The van der Waals surface area contributed by atoms with Gasteiger partial charge in [-0.3, -0.25) is 9.69 Å². The van der Waals surface area contributed by atoms with Crippen LogP contribution in [0.25, 0.3) is 0 Å². The Morgan fingerprint density at radius 3 is 2.65 bits per heavy atom. The minimum absolute atomic E-state index is 0.0599. The fourth-order valence-electron chi connectivity index (χ4n) is 2.48. The zero-order valence-electron chi connectivity index (χ0n) is 12.7. The summed E-state index contributed by atoms with van der Waals surface area (Å²) in [6.45, 7) is 10.6. The van der Waals surface area contributed by atoms with Crippen LogP contribution in [0.5, 0.6) is 0 Å². The Balaban J connectivity index is 1.87. The van der Waals surface area contributed by atoms with E-state index in [1.165, 1.54) is 16.7 Å². The van der Waals surface area contributed by atoms with Crippen LogP contribution in [0.4, 0.5) is 0 Å². The second kappa shape index (κ2) is 6.86. The van der Waals surface area contributed by atoms with Crippen molar-refractivity contribution in [2.45, 2.75) is 26.8 Å². The first-order chi connectivity index (χ1) is 9.56. The Morgan fingerprint density at radius 2 is 2.00 bits per heavy atom. The van der Waals surface area contributed by atoms with Gasteiger partial charge in [0, 0.05) is 26.2 Å². The van der Waals surface area contributed by atoms with Crippen LogP contribution >= 0.6 is 0 Å². The number of piperazine rings is 1. The summed E-state index contributed by atoms with van der Waals surface area (Å²) in [5.74, 6) is 0.109. The maximum absolute atomic E-state index is 12.1. The fourth-order valence-corrected chi connectivity index (χ4v) is 2.48. The van der Waals surface area contributed by atoms with E-state index >= 15 is 0 Å². The summed E-state index contributed by atoms with van der Waals surface area (Å²) in [6.07, 6.45) is 0. The summed E-state index contributed by atoms with van der Waals surface area (Å²) in [4.78, 5) is 14.3. The topological polar surface area (TPSA) is 44.4 Å². The molecule has 1 aromatic carbocycles. The number of carbonyl (C=O) groups excluding carboxylic acids is 1. The maximum Gasteiger partial charge on any atom is 0.234 e. The van der Waals surface area contributed by atoms with Gasteiger partial charge in [0.15, 0.2) is 0 Å². The summed E-state index contributed by atoms with van der Waals surface area (Å²) < 4.78 is 0. The Kier molecular flexibility index (Phi) is 5.15. The van der Waals surface area contributed by atoms with Crippen LogP contribution in [0.2, 0.25) is 0 Å². The van der Waals surface area contributed by atoms with Crippen molar-refractivity contribution in [3.63, 3.8) is 0 Å². The van der Waals surface area contributed by atoms with Crippen LogP contribution in [0.3, 0.4) is 0 Å². The third kappa shape index (κ3) is 4.05. The maximum atomic E-state index is 12.1. The molecule has 20 heavy (non-hydrogen) atoms. The summed E-state index contributed by atoms with van der Waals surface area (Å²) in [5.41, 5.74) is 3.72. The predicted octanol–water partition coefficient (Wildman–Crippen LogP) is 1.39. The molecule has 1 atom stereocenters. The van der Waals surface area contributed by atoms with Crippen molar-refractivity contribution >= 4 is 5.91 Å². The molecule has 0 saturated carbocycles. The number of rotatable bonds is 4. The van der Waals surface area contributed by atoms with Crippen LogP contribution in [-0.4, -0.2) is 43.5 Å². The second-order valence-electron chi connectivity index (χ2n) is 5.66. The molecule has 1 amide bonds. The molecular weight excluding hydrogens is 250 g/mol. The average Bonchev–Trinajstić information content (AvgIpc) is 2.42. The smallest absolute Gasteiger partial charge is 0.234 e. The second-order valence-corrected chi connectivity index (χ2v) is 5.66. The molecule has 1 saturated heterocycles. The largest absolute Gasteiger partial charge is 0.348 e. The molecule has 0 radical (unpaired) electrons. The summed E-state index contributed by atoms with van der Waals surface area (Å²) >= 11 is 0. The average molecular weight is 275 g/mol. The van der Waals surface area contributed by atoms with Gasteiger partial charge in [0.05, 0.1) is 12.6 Å². The van der Waals surface area contributed by atoms with Gasteiger partial charge in [-0.05, 0) is 37.5 Å². The molecule has 2 N–H and O–H groups in total. The van der Waals surface area contributed by atoms with Gasteiger partial charge in [0.1, 0.15) is 0 Å². The molecule has 1 aromatic rings. The van der Waals surface area contributed by atoms with Gasteiger partial charge in [0.25, 0.3) is 0 Å². The number of nitrogens with one attached hydrogen (secondary N) is 2. The first kappa shape index (κ1) is 15.0. The van der Waals surface area contributed by atoms with E-state index in [0.717, 1.165) is 26.2 Å². The van der Waals surface area contributed by atoms with E-state index in [1.807, 2.05) is 6.92 Å². The molecule has 0 aliphatic carbocycles. The van der Waals surface area contributed by atoms with Gasteiger partial charge < -0.3 is 10.6 Å². The predicted molar refractivity (Wildman–Crippen MR) is 81.8 cm³/mol. The van der Waals surface area contributed by atoms with Crippen molar-refractivity contribution in [3.8, 4) is 0 Å². The number of nitrogens with zero attached hydrogens (tertiary/aromatic N) is 1. The van der Waals surface area contributed by atoms with E-state index < -0.39 is 0 Å². The zero-order valence-corrected chi connectivity index (χ0v) is 12.7. The highest BCUT2D eigenvalue weighted by atomic mass is 16.2. The SMILES string of the molecule is Cc1ccc(C(C)NC(=O)CN2CCNCC2)cc1C. The van der Waals surface area contributed by atoms with Crippen LogP contribution in [0.1, 0.15) is 29.7 Å². The highest BCUT2D eigenvalue weighted by Gasteiger charge is 2.15. The molecule has 4 nitrogen and oxygen atoms in total. The lowest BCUT2D eigenvalue weighted by atomic mass is 10.0. The third-order valence-corrected chi connectivity index (χ3v) is 3.99. The van der Waals surface area contributed by atoms with E-state index in [4.69, 9.17) is 0 Å². The lowest BCUT2D eigenvalue weighted by molar-refractivity contribution is -0.123. The number of hydrogen-bond donors (Lipinski definition) is 2. The number of aryl methyl sites for hydroxylation is 2. The van der Waals surface area contributed by atoms with Gasteiger partial charge in [-0.15, -0.1) is 0 Å². The molecule has 2 rings (SSSR count). The highest BCUT2D eigenvalue weighted by Crippen LogP contribution is 2.16. The van der Waals surface area contributed by atoms with E-state index in [9.17, 15) is 4.79 Å². The zero-order chi connectivity index (χ0) is 14.5. The number of carbonyl (C=O) groups is 1. The van der Waals surface area contributed by atoms with Gasteiger partial charge >= 0.3 is 0 Å². The standard InChI is InChI=1S/C16H25N3O/c1-12-4-5-15(10-13(12)2)14(3)18-16(20)11-19-8-6-17-7-9-19/h4-5,10,14,17H,6-9,11H2,1-3H3,(H,18,20). The molecule has 110 valence electrons. The molecular formula is C16H25N3O. The Labute approximate surface area is 121 Å². The number of benzene rings is 1. The Bertz CT molecular complexity index is 467. The van der Waals surface area contributed by atoms with Crippen molar-refractivity contribution in [2.24, 2.45) is 0 Å². The third-order valence-electron chi connectivity index (χ3n) is 3.99. The molecule has 1 fully saturated rings. The van der Waals surface area contributed by atoms with Crippen LogP contribution in [-0.2, 0) is 4.79 Å². The summed E-state index contributed by atoms with van der Waals surface area (Å²) in [7, 11) is 0. The van der Waals surface area contributed by atoms with Gasteiger partial charge in [0.2, 0.25) is 5.91 Å². The quantitative estimate of drug-likeness (QED) is 0.873. The summed E-state index contributed by atoms with van der Waals surface area (Å²) in [6, 6.07) is 6.43. The molecule has 0 spiro atoms. The molecule has 0 bridgehead atoms. The first-order valence-corrected chi connectivity index (χ1v) is 7.36. The van der Waals surface area contributed by atoms with Crippen molar-refractivity contribution in [1.29, 1.82) is 0 Å². The Morgan fingerprint density at radius 1 is 1.30 bits per heavy atom. The van der Waals surface area contributed by atoms with Gasteiger partial charge in [-0.25, -0.2) is 0 Å². The molecule has 0 aromatic heterocycles.